The third-order valence-corrected chi connectivity index (χ3v) is 9.20. The van der Waals surface area contributed by atoms with Crippen molar-refractivity contribution < 1.29 is 28.5 Å². The van der Waals surface area contributed by atoms with Crippen molar-refractivity contribution in [3.63, 3.8) is 0 Å². The Morgan fingerprint density at radius 3 is 2.46 bits per heavy atom. The lowest BCUT2D eigenvalue weighted by Crippen LogP contribution is -2.58. The van der Waals surface area contributed by atoms with Gasteiger partial charge in [0.25, 0.3) is 0 Å². The molecular weight excluding hydrogens is 360 g/mol. The Labute approximate surface area is 164 Å². The van der Waals surface area contributed by atoms with Gasteiger partial charge in [-0.1, -0.05) is 6.92 Å². The molecule has 4 spiro atoms. The Balaban J connectivity index is 1.35. The normalized spacial score (nSPS) is 49.9. The van der Waals surface area contributed by atoms with E-state index in [-0.39, 0.29) is 22.7 Å². The van der Waals surface area contributed by atoms with E-state index in [1.807, 2.05) is 0 Å². The topological polar surface area (TPSA) is 63.2 Å². The number of carbonyl (C=O) groups is 1. The zero-order valence-electron chi connectivity index (χ0n) is 16.5. The minimum atomic E-state index is -0.607. The fraction of sp³-hybridized carbons (Fsp3) is 0.864. The third kappa shape index (κ3) is 1.66. The molecule has 0 radical (unpaired) electrons. The Kier molecular flexibility index (Phi) is 2.98. The molecule has 0 aromatic carbocycles. The minimum absolute atomic E-state index is 0.264. The van der Waals surface area contributed by atoms with E-state index in [4.69, 9.17) is 23.7 Å². The van der Waals surface area contributed by atoms with Gasteiger partial charge in [0.15, 0.2) is 17.4 Å². The van der Waals surface area contributed by atoms with Crippen molar-refractivity contribution in [3.8, 4) is 0 Å². The van der Waals surface area contributed by atoms with Crippen LogP contribution in [-0.2, 0) is 28.5 Å². The molecule has 7 aliphatic rings. The van der Waals surface area contributed by atoms with E-state index in [9.17, 15) is 4.79 Å². The molecule has 1 unspecified atom stereocenters. The molecule has 3 aliphatic carbocycles. The molecule has 6 nitrogen and oxygen atoms in total. The average molecular weight is 388 g/mol. The summed E-state index contributed by atoms with van der Waals surface area (Å²) >= 11 is 0. The lowest BCUT2D eigenvalue weighted by molar-refractivity contribution is -0.248. The van der Waals surface area contributed by atoms with Crippen LogP contribution in [0.3, 0.4) is 0 Å². The molecule has 152 valence electrons. The number of ketones is 1. The maximum atomic E-state index is 13.6. The van der Waals surface area contributed by atoms with E-state index < -0.39 is 17.2 Å². The Morgan fingerprint density at radius 2 is 1.68 bits per heavy atom. The second-order valence-electron chi connectivity index (χ2n) is 10.2. The molecule has 0 N–H and O–H groups in total. The molecular formula is C22H28O6. The van der Waals surface area contributed by atoms with Crippen LogP contribution in [-0.4, -0.2) is 55.0 Å². The number of rotatable bonds is 0. The van der Waals surface area contributed by atoms with Gasteiger partial charge in [0.2, 0.25) is 0 Å². The van der Waals surface area contributed by atoms with E-state index in [2.05, 4.69) is 6.92 Å². The van der Waals surface area contributed by atoms with Gasteiger partial charge in [-0.25, -0.2) is 0 Å². The number of fused-ring (bicyclic) bond motifs is 2. The maximum absolute atomic E-state index is 13.6. The van der Waals surface area contributed by atoms with Gasteiger partial charge >= 0.3 is 0 Å². The monoisotopic (exact) mass is 388 g/mol. The first-order chi connectivity index (χ1) is 13.5. The summed E-state index contributed by atoms with van der Waals surface area (Å²) in [6.07, 6.45) is 6.67. The smallest absolute Gasteiger partial charge is 0.174 e. The van der Waals surface area contributed by atoms with Crippen molar-refractivity contribution in [2.24, 2.45) is 11.3 Å². The van der Waals surface area contributed by atoms with E-state index >= 15 is 0 Å². The van der Waals surface area contributed by atoms with Crippen LogP contribution in [0.4, 0.5) is 0 Å². The number of ether oxygens (including phenoxy) is 5. The van der Waals surface area contributed by atoms with Crippen LogP contribution in [0.15, 0.2) is 11.1 Å². The molecule has 3 saturated carbocycles. The van der Waals surface area contributed by atoms with Crippen LogP contribution in [0.1, 0.15) is 58.3 Å². The van der Waals surface area contributed by atoms with Crippen LogP contribution in [0.2, 0.25) is 0 Å². The highest BCUT2D eigenvalue weighted by Gasteiger charge is 2.77. The molecule has 0 aromatic rings. The summed E-state index contributed by atoms with van der Waals surface area (Å²) in [5.41, 5.74) is 1.14. The summed E-state index contributed by atoms with van der Waals surface area (Å²) in [5.74, 6) is -0.585. The standard InChI is InChI=1S/C22H28O6/c1-18-12-15(23)17-14-2-4-20(24-8-9-25-20)13-19(14)6-7-21(17,28-19)16(18)3-5-22(18)26-10-11-27-22/h16H,2-13H2,1H3/t16-,18+,19-,21?/m1/s1. The summed E-state index contributed by atoms with van der Waals surface area (Å²) in [7, 11) is 0. The van der Waals surface area contributed by atoms with Gasteiger partial charge in [-0.2, -0.15) is 0 Å². The Bertz CT molecular complexity index is 806. The molecule has 2 bridgehead atoms. The van der Waals surface area contributed by atoms with Gasteiger partial charge in [0.05, 0.1) is 32.0 Å². The predicted molar refractivity (Wildman–Crippen MR) is 96.4 cm³/mol. The number of hydrogen-bond donors (Lipinski definition) is 0. The fourth-order valence-electron chi connectivity index (χ4n) is 8.26. The average Bonchev–Trinajstić information content (AvgIpc) is 3.44. The van der Waals surface area contributed by atoms with Crippen molar-refractivity contribution >= 4 is 5.78 Å². The predicted octanol–water partition coefficient (Wildman–Crippen LogP) is 2.64. The van der Waals surface area contributed by atoms with Crippen LogP contribution >= 0.6 is 0 Å². The molecule has 4 heterocycles. The van der Waals surface area contributed by atoms with Crippen molar-refractivity contribution in [1.82, 2.24) is 0 Å². The minimum Gasteiger partial charge on any atom is -0.359 e. The maximum Gasteiger partial charge on any atom is 0.174 e. The highest BCUT2D eigenvalue weighted by molar-refractivity contribution is 6.01. The summed E-state index contributed by atoms with van der Waals surface area (Å²) in [6, 6.07) is 0. The van der Waals surface area contributed by atoms with Crippen LogP contribution in [0.25, 0.3) is 0 Å². The van der Waals surface area contributed by atoms with E-state index in [1.54, 1.807) is 0 Å². The van der Waals surface area contributed by atoms with Crippen molar-refractivity contribution in [1.29, 1.82) is 0 Å². The zero-order chi connectivity index (χ0) is 18.8. The summed E-state index contributed by atoms with van der Waals surface area (Å²) < 4.78 is 31.5. The van der Waals surface area contributed by atoms with E-state index in [0.717, 1.165) is 50.5 Å². The molecule has 4 aliphatic heterocycles. The number of Topliss-reactive ketones (excluding diaryl/α,β-unsaturated/α-hetero) is 1. The number of hydrogen-bond acceptors (Lipinski definition) is 6. The van der Waals surface area contributed by atoms with E-state index in [0.29, 0.717) is 32.8 Å². The summed E-state index contributed by atoms with van der Waals surface area (Å²) in [6.45, 7) is 4.78. The number of carbonyl (C=O) groups excluding carboxylic acids is 1. The van der Waals surface area contributed by atoms with Gasteiger partial charge in [0.1, 0.15) is 5.60 Å². The molecule has 6 fully saturated rings. The molecule has 6 heteroatoms. The molecule has 4 atom stereocenters. The fourth-order valence-corrected chi connectivity index (χ4v) is 8.26. The first-order valence-electron chi connectivity index (χ1n) is 11.0. The second kappa shape index (κ2) is 4.92. The molecule has 0 amide bonds. The van der Waals surface area contributed by atoms with Crippen molar-refractivity contribution in [2.75, 3.05) is 26.4 Å². The second-order valence-corrected chi connectivity index (χ2v) is 10.2. The third-order valence-electron chi connectivity index (χ3n) is 9.20. The molecule has 28 heavy (non-hydrogen) atoms. The highest BCUT2D eigenvalue weighted by atomic mass is 16.7. The quantitative estimate of drug-likeness (QED) is 0.636. The van der Waals surface area contributed by atoms with Crippen LogP contribution in [0, 0.1) is 11.3 Å². The zero-order valence-corrected chi connectivity index (χ0v) is 16.5. The van der Waals surface area contributed by atoms with Gasteiger partial charge in [-0.05, 0) is 31.3 Å². The molecule has 7 rings (SSSR count). The van der Waals surface area contributed by atoms with Crippen LogP contribution in [0.5, 0.6) is 0 Å². The van der Waals surface area contributed by atoms with E-state index in [1.165, 1.54) is 5.57 Å². The molecule has 0 aromatic heterocycles. The lowest BCUT2D eigenvalue weighted by atomic mass is 9.54. The lowest BCUT2D eigenvalue weighted by Gasteiger charge is -2.51. The van der Waals surface area contributed by atoms with Crippen molar-refractivity contribution in [2.45, 2.75) is 81.1 Å². The van der Waals surface area contributed by atoms with Gasteiger partial charge in [0, 0.05) is 42.6 Å². The summed E-state index contributed by atoms with van der Waals surface area (Å²) in [5, 5.41) is 0. The first-order valence-corrected chi connectivity index (χ1v) is 11.0. The highest BCUT2D eigenvalue weighted by Crippen LogP contribution is 2.73. The summed E-state index contributed by atoms with van der Waals surface area (Å²) in [4.78, 5) is 13.6. The van der Waals surface area contributed by atoms with Crippen molar-refractivity contribution in [3.05, 3.63) is 11.1 Å². The van der Waals surface area contributed by atoms with Gasteiger partial charge in [-0.3, -0.25) is 4.79 Å². The first kappa shape index (κ1) is 16.9. The largest absolute Gasteiger partial charge is 0.359 e. The Hall–Kier alpha value is -0.790. The Morgan fingerprint density at radius 1 is 0.929 bits per heavy atom. The molecule has 3 saturated heterocycles. The van der Waals surface area contributed by atoms with Gasteiger partial charge in [-0.15, -0.1) is 0 Å². The van der Waals surface area contributed by atoms with Gasteiger partial charge < -0.3 is 23.7 Å². The van der Waals surface area contributed by atoms with Crippen LogP contribution < -0.4 is 0 Å². The SMILES string of the molecule is C[C@]12CC(=O)C3=C4CCC5(C[C@]46CCC3(O6)[C@@H]1CCC21OCCO1)OCCO5.